The summed E-state index contributed by atoms with van der Waals surface area (Å²) < 4.78 is 0. The molecule has 0 fully saturated rings. The fourth-order valence-corrected chi connectivity index (χ4v) is 9.07. The van der Waals surface area contributed by atoms with E-state index in [0.717, 1.165) is 112 Å². The highest BCUT2D eigenvalue weighted by Crippen LogP contribution is 2.40. The van der Waals surface area contributed by atoms with Crippen LogP contribution in [0.15, 0.2) is 255 Å². The summed E-state index contributed by atoms with van der Waals surface area (Å²) in [6.07, 6.45) is 2.24. The standard InChI is InChI=1S/C64H45N3/c65-63(49-30-17-6-18-31-49)62(48-28-15-5-16-29-48)64-58-35-34-52(37-56(58)43-60(67-64)47-26-13-4-14-27-47)50-32-19-33-51(36-50)55-41-59(46-24-11-3-12-25-46)66-61(42-55)57-39-53(44-20-7-1-8-21-44)38-54(40-57)45-22-9-2-10-23-45/h1-43,65,67H/b64-62-,65-63?. The molecule has 0 spiro atoms. The fraction of sp³-hybridized carbons (Fsp3) is 0. The number of rotatable bonds is 10. The van der Waals surface area contributed by atoms with Gasteiger partial charge in [-0.3, -0.25) is 5.41 Å². The van der Waals surface area contributed by atoms with Crippen LogP contribution < -0.4 is 5.32 Å². The molecule has 0 amide bonds. The lowest BCUT2D eigenvalue weighted by molar-refractivity contribution is 1.22. The van der Waals surface area contributed by atoms with Gasteiger partial charge in [0.15, 0.2) is 0 Å². The first kappa shape index (κ1) is 40.8. The predicted octanol–water partition coefficient (Wildman–Crippen LogP) is 16.1. The molecule has 9 aromatic carbocycles. The lowest BCUT2D eigenvalue weighted by Gasteiger charge is -2.26. The van der Waals surface area contributed by atoms with E-state index < -0.39 is 0 Å². The molecule has 3 heteroatoms. The van der Waals surface area contributed by atoms with E-state index in [2.05, 4.69) is 212 Å². The Morgan fingerprint density at radius 3 is 1.33 bits per heavy atom. The molecule has 11 rings (SSSR count). The summed E-state index contributed by atoms with van der Waals surface area (Å²) in [5.41, 5.74) is 21.2. The van der Waals surface area contributed by atoms with Crippen LogP contribution >= 0.6 is 0 Å². The van der Waals surface area contributed by atoms with Crippen LogP contribution in [0.1, 0.15) is 27.8 Å². The molecule has 1 aliphatic rings. The lowest BCUT2D eigenvalue weighted by atomic mass is 9.86. The summed E-state index contributed by atoms with van der Waals surface area (Å²) in [7, 11) is 0. The van der Waals surface area contributed by atoms with Crippen LogP contribution in [0.5, 0.6) is 0 Å². The zero-order valence-electron chi connectivity index (χ0n) is 36.8. The van der Waals surface area contributed by atoms with Crippen molar-refractivity contribution < 1.29 is 0 Å². The van der Waals surface area contributed by atoms with Crippen molar-refractivity contribution in [2.24, 2.45) is 0 Å². The van der Waals surface area contributed by atoms with Gasteiger partial charge in [-0.05, 0) is 110 Å². The average molecular weight is 856 g/mol. The number of hydrogen-bond donors (Lipinski definition) is 2. The maximum atomic E-state index is 9.67. The van der Waals surface area contributed by atoms with E-state index in [9.17, 15) is 5.41 Å². The van der Waals surface area contributed by atoms with Gasteiger partial charge in [-0.25, -0.2) is 4.98 Å². The van der Waals surface area contributed by atoms with Gasteiger partial charge in [0.05, 0.1) is 22.8 Å². The van der Waals surface area contributed by atoms with Gasteiger partial charge in [0.2, 0.25) is 0 Å². The predicted molar refractivity (Wildman–Crippen MR) is 281 cm³/mol. The van der Waals surface area contributed by atoms with Gasteiger partial charge in [-0.2, -0.15) is 0 Å². The Morgan fingerprint density at radius 2 is 0.746 bits per heavy atom. The molecule has 316 valence electrons. The van der Waals surface area contributed by atoms with Crippen molar-refractivity contribution in [2.75, 3.05) is 0 Å². The number of nitrogens with one attached hydrogen (secondary N) is 2. The second kappa shape index (κ2) is 18.3. The second-order valence-electron chi connectivity index (χ2n) is 16.8. The van der Waals surface area contributed by atoms with Crippen molar-refractivity contribution in [2.45, 2.75) is 0 Å². The quantitative estimate of drug-likeness (QED) is 0.135. The number of nitrogens with zero attached hydrogens (tertiary/aromatic N) is 1. The molecule has 0 saturated carbocycles. The van der Waals surface area contributed by atoms with Gasteiger partial charge >= 0.3 is 0 Å². The maximum absolute atomic E-state index is 9.67. The van der Waals surface area contributed by atoms with Crippen LogP contribution in [0.4, 0.5) is 0 Å². The van der Waals surface area contributed by atoms with Gasteiger partial charge in [0, 0.05) is 33.5 Å². The fourth-order valence-electron chi connectivity index (χ4n) is 9.07. The van der Waals surface area contributed by atoms with E-state index >= 15 is 0 Å². The van der Waals surface area contributed by atoms with E-state index in [1.54, 1.807) is 0 Å². The van der Waals surface area contributed by atoms with E-state index in [-0.39, 0.29) is 0 Å². The molecule has 2 N–H and O–H groups in total. The van der Waals surface area contributed by atoms with E-state index in [1.807, 2.05) is 54.6 Å². The highest BCUT2D eigenvalue weighted by molar-refractivity contribution is 6.36. The molecule has 67 heavy (non-hydrogen) atoms. The Hall–Kier alpha value is -8.92. The molecule has 0 atom stereocenters. The molecule has 3 nitrogen and oxygen atoms in total. The Kier molecular flexibility index (Phi) is 11.1. The average Bonchev–Trinajstić information content (AvgIpc) is 3.42. The Bertz CT molecular complexity index is 3390. The van der Waals surface area contributed by atoms with Gasteiger partial charge in [0.25, 0.3) is 0 Å². The Morgan fingerprint density at radius 1 is 0.328 bits per heavy atom. The van der Waals surface area contributed by atoms with Crippen molar-refractivity contribution >= 4 is 28.8 Å². The molecule has 0 aliphatic carbocycles. The lowest BCUT2D eigenvalue weighted by Crippen LogP contribution is -2.20. The Balaban J connectivity index is 1.05. The zero-order valence-corrected chi connectivity index (χ0v) is 36.8. The number of benzene rings is 9. The van der Waals surface area contributed by atoms with E-state index in [4.69, 9.17) is 4.98 Å². The van der Waals surface area contributed by atoms with Crippen molar-refractivity contribution in [3.05, 3.63) is 283 Å². The molecule has 1 aromatic heterocycles. The summed E-state index contributed by atoms with van der Waals surface area (Å²) >= 11 is 0. The van der Waals surface area contributed by atoms with Crippen LogP contribution in [0.25, 0.3) is 90.1 Å². The molecule has 2 heterocycles. The largest absolute Gasteiger partial charge is 0.354 e. The molecular weight excluding hydrogens is 811 g/mol. The monoisotopic (exact) mass is 855 g/mol. The second-order valence-corrected chi connectivity index (χ2v) is 16.8. The molecule has 0 radical (unpaired) electrons. The van der Waals surface area contributed by atoms with Crippen molar-refractivity contribution in [3.63, 3.8) is 0 Å². The summed E-state index contributed by atoms with van der Waals surface area (Å²) in [4.78, 5) is 5.37. The first-order chi connectivity index (χ1) is 33.1. The highest BCUT2D eigenvalue weighted by Gasteiger charge is 2.24. The topological polar surface area (TPSA) is 48.8 Å². The Labute approximate surface area is 392 Å². The summed E-state index contributed by atoms with van der Waals surface area (Å²) in [6.45, 7) is 0. The van der Waals surface area contributed by atoms with Crippen molar-refractivity contribution in [3.8, 4) is 67.0 Å². The summed E-state index contributed by atoms with van der Waals surface area (Å²) in [6, 6.07) is 89.2. The minimum absolute atomic E-state index is 0.459. The van der Waals surface area contributed by atoms with Crippen LogP contribution in [0.2, 0.25) is 0 Å². The van der Waals surface area contributed by atoms with Gasteiger partial charge in [0.1, 0.15) is 0 Å². The van der Waals surface area contributed by atoms with E-state index in [1.165, 1.54) is 0 Å². The minimum atomic E-state index is 0.459. The molecule has 10 aromatic rings. The highest BCUT2D eigenvalue weighted by atomic mass is 14.9. The third kappa shape index (κ3) is 8.58. The van der Waals surface area contributed by atoms with Crippen LogP contribution in [0.3, 0.4) is 0 Å². The number of allylic oxidation sites excluding steroid dienone is 1. The number of hydrogen-bond acceptors (Lipinski definition) is 3. The van der Waals surface area contributed by atoms with Gasteiger partial charge < -0.3 is 5.32 Å². The maximum Gasteiger partial charge on any atom is 0.0716 e. The van der Waals surface area contributed by atoms with Gasteiger partial charge in [-0.1, -0.05) is 212 Å². The van der Waals surface area contributed by atoms with Crippen LogP contribution in [-0.2, 0) is 0 Å². The first-order valence-corrected chi connectivity index (χ1v) is 22.7. The van der Waals surface area contributed by atoms with Crippen molar-refractivity contribution in [1.29, 1.82) is 5.41 Å². The molecule has 0 bridgehead atoms. The normalized spacial score (nSPS) is 12.6. The molecular formula is C64H45N3. The van der Waals surface area contributed by atoms with Crippen LogP contribution in [0, 0.1) is 5.41 Å². The molecule has 0 unspecified atom stereocenters. The number of fused-ring (bicyclic) bond motifs is 1. The molecule has 1 aliphatic heterocycles. The number of aromatic nitrogens is 1. The SMILES string of the molecule is N=C(/C(=C1\NC(c2ccccc2)=Cc2cc(-c3cccc(-c4cc(-c5ccccc5)nc(-c5cc(-c6ccccc6)cc(-c6ccccc6)c5)c4)c3)ccc21)c1ccccc1)c1ccccc1. The van der Waals surface area contributed by atoms with Gasteiger partial charge in [-0.15, -0.1) is 0 Å². The van der Waals surface area contributed by atoms with Crippen LogP contribution in [-0.4, -0.2) is 10.7 Å². The number of pyridine rings is 1. The van der Waals surface area contributed by atoms with E-state index in [0.29, 0.717) is 5.71 Å². The minimum Gasteiger partial charge on any atom is -0.354 e. The third-order valence-electron chi connectivity index (χ3n) is 12.5. The first-order valence-electron chi connectivity index (χ1n) is 22.7. The third-order valence-corrected chi connectivity index (χ3v) is 12.5. The summed E-state index contributed by atoms with van der Waals surface area (Å²) in [5, 5.41) is 13.5. The van der Waals surface area contributed by atoms with Crippen molar-refractivity contribution in [1.82, 2.24) is 10.3 Å². The summed E-state index contributed by atoms with van der Waals surface area (Å²) in [5.74, 6) is 0. The molecule has 0 saturated heterocycles. The zero-order chi connectivity index (χ0) is 44.9. The smallest absolute Gasteiger partial charge is 0.0716 e.